The molecule has 2 rings (SSSR count). The molecule has 3 N–H and O–H groups in total. The molecule has 0 bridgehead atoms. The number of rotatable bonds is 5. The molecular formula is C14H20N2O3S2. The Balaban J connectivity index is 1.81. The minimum atomic E-state index is -3.66. The zero-order chi connectivity index (χ0) is 15.3. The Bertz CT molecular complexity index is 579. The van der Waals surface area contributed by atoms with Gasteiger partial charge in [0.05, 0.1) is 4.90 Å². The van der Waals surface area contributed by atoms with Crippen LogP contribution >= 0.6 is 11.8 Å². The number of thioether (sulfide) groups is 1. The fourth-order valence-corrected chi connectivity index (χ4v) is 4.00. The van der Waals surface area contributed by atoms with E-state index < -0.39 is 10.0 Å². The average molecular weight is 328 g/mol. The van der Waals surface area contributed by atoms with E-state index in [4.69, 9.17) is 5.14 Å². The first kappa shape index (κ1) is 16.3. The monoisotopic (exact) mass is 328 g/mol. The highest BCUT2D eigenvalue weighted by molar-refractivity contribution is 7.99. The summed E-state index contributed by atoms with van der Waals surface area (Å²) >= 11 is 1.95. The van der Waals surface area contributed by atoms with E-state index in [2.05, 4.69) is 5.32 Å². The van der Waals surface area contributed by atoms with E-state index in [1.54, 1.807) is 12.1 Å². The summed E-state index contributed by atoms with van der Waals surface area (Å²) < 4.78 is 22.3. The first-order valence-electron chi connectivity index (χ1n) is 6.91. The Morgan fingerprint density at radius 3 is 2.43 bits per heavy atom. The summed E-state index contributed by atoms with van der Waals surface area (Å²) in [6.45, 7) is 0.408. The van der Waals surface area contributed by atoms with Crippen molar-refractivity contribution in [1.29, 1.82) is 0 Å². The third-order valence-electron chi connectivity index (χ3n) is 3.56. The van der Waals surface area contributed by atoms with Crippen LogP contribution in [0.15, 0.2) is 29.2 Å². The molecule has 1 aromatic carbocycles. The van der Waals surface area contributed by atoms with Gasteiger partial charge in [-0.3, -0.25) is 4.79 Å². The molecule has 0 atom stereocenters. The standard InChI is InChI=1S/C14H20N2O3S2/c15-21(18,19)13-3-1-12(2-4-13)10-16-14(17)9-11-5-7-20-8-6-11/h1-4,11H,5-10H2,(H,16,17)(H2,15,18,19). The average Bonchev–Trinajstić information content (AvgIpc) is 2.46. The lowest BCUT2D eigenvalue weighted by Gasteiger charge is -2.20. The van der Waals surface area contributed by atoms with Crippen molar-refractivity contribution in [2.24, 2.45) is 11.1 Å². The topological polar surface area (TPSA) is 89.3 Å². The van der Waals surface area contributed by atoms with E-state index in [1.807, 2.05) is 11.8 Å². The van der Waals surface area contributed by atoms with Gasteiger partial charge in [-0.15, -0.1) is 0 Å². The van der Waals surface area contributed by atoms with Gasteiger partial charge in [-0.1, -0.05) is 12.1 Å². The molecule has 1 fully saturated rings. The number of nitrogens with one attached hydrogen (secondary N) is 1. The molecule has 7 heteroatoms. The van der Waals surface area contributed by atoms with E-state index in [0.717, 1.165) is 29.9 Å². The highest BCUT2D eigenvalue weighted by Crippen LogP contribution is 2.25. The first-order valence-corrected chi connectivity index (χ1v) is 9.61. The van der Waals surface area contributed by atoms with Crippen molar-refractivity contribution in [2.75, 3.05) is 11.5 Å². The largest absolute Gasteiger partial charge is 0.352 e. The molecule has 1 saturated heterocycles. The normalized spacial score (nSPS) is 16.6. The van der Waals surface area contributed by atoms with Crippen molar-refractivity contribution in [1.82, 2.24) is 5.32 Å². The van der Waals surface area contributed by atoms with Gasteiger partial charge < -0.3 is 5.32 Å². The lowest BCUT2D eigenvalue weighted by molar-refractivity contribution is -0.122. The van der Waals surface area contributed by atoms with Crippen molar-refractivity contribution < 1.29 is 13.2 Å². The van der Waals surface area contributed by atoms with Gasteiger partial charge in [0.15, 0.2) is 0 Å². The van der Waals surface area contributed by atoms with Gasteiger partial charge in [0.25, 0.3) is 0 Å². The van der Waals surface area contributed by atoms with Crippen LogP contribution in [0.4, 0.5) is 0 Å². The summed E-state index contributed by atoms with van der Waals surface area (Å²) in [5, 5.41) is 7.91. The molecule has 1 aromatic rings. The second kappa shape index (κ2) is 7.29. The molecule has 116 valence electrons. The van der Waals surface area contributed by atoms with E-state index in [-0.39, 0.29) is 10.8 Å². The van der Waals surface area contributed by atoms with Gasteiger partial charge in [-0.25, -0.2) is 13.6 Å². The van der Waals surface area contributed by atoms with Crippen LogP contribution in [0, 0.1) is 5.92 Å². The summed E-state index contributed by atoms with van der Waals surface area (Å²) in [6, 6.07) is 6.24. The van der Waals surface area contributed by atoms with E-state index in [0.29, 0.717) is 18.9 Å². The number of amides is 1. The van der Waals surface area contributed by atoms with E-state index in [1.165, 1.54) is 12.1 Å². The molecule has 0 spiro atoms. The van der Waals surface area contributed by atoms with Gasteiger partial charge in [0.2, 0.25) is 15.9 Å². The smallest absolute Gasteiger partial charge is 0.238 e. The molecule has 0 aromatic heterocycles. The Morgan fingerprint density at radius 1 is 1.24 bits per heavy atom. The first-order chi connectivity index (χ1) is 9.95. The number of hydrogen-bond donors (Lipinski definition) is 2. The van der Waals surface area contributed by atoms with Gasteiger partial charge in [0, 0.05) is 13.0 Å². The maximum Gasteiger partial charge on any atom is 0.238 e. The number of nitrogens with two attached hydrogens (primary N) is 1. The fourth-order valence-electron chi connectivity index (χ4n) is 2.28. The summed E-state index contributed by atoms with van der Waals surface area (Å²) in [5.41, 5.74) is 0.856. The lowest BCUT2D eigenvalue weighted by Crippen LogP contribution is -2.26. The van der Waals surface area contributed by atoms with Crippen molar-refractivity contribution in [3.63, 3.8) is 0 Å². The van der Waals surface area contributed by atoms with Crippen LogP contribution in [0.2, 0.25) is 0 Å². The van der Waals surface area contributed by atoms with Crippen molar-refractivity contribution >= 4 is 27.7 Å². The molecule has 1 aliphatic heterocycles. The summed E-state index contributed by atoms with van der Waals surface area (Å²) in [7, 11) is -3.66. The molecule has 21 heavy (non-hydrogen) atoms. The highest BCUT2D eigenvalue weighted by Gasteiger charge is 2.17. The predicted octanol–water partition coefficient (Wildman–Crippen LogP) is 1.48. The second-order valence-corrected chi connectivity index (χ2v) is 8.01. The van der Waals surface area contributed by atoms with Crippen LogP contribution in [-0.2, 0) is 21.4 Å². The quantitative estimate of drug-likeness (QED) is 0.857. The van der Waals surface area contributed by atoms with Crippen LogP contribution in [0.5, 0.6) is 0 Å². The van der Waals surface area contributed by atoms with Crippen LogP contribution in [0.25, 0.3) is 0 Å². The summed E-state index contributed by atoms with van der Waals surface area (Å²) in [4.78, 5) is 12.0. The Kier molecular flexibility index (Phi) is 5.66. The van der Waals surface area contributed by atoms with Crippen LogP contribution < -0.4 is 10.5 Å². The third-order valence-corrected chi connectivity index (χ3v) is 5.53. The molecule has 0 unspecified atom stereocenters. The van der Waals surface area contributed by atoms with Crippen LogP contribution in [0.1, 0.15) is 24.8 Å². The van der Waals surface area contributed by atoms with Crippen LogP contribution in [0.3, 0.4) is 0 Å². The molecule has 1 amide bonds. The number of carbonyl (C=O) groups is 1. The predicted molar refractivity (Wildman–Crippen MR) is 84.3 cm³/mol. The zero-order valence-corrected chi connectivity index (χ0v) is 13.4. The second-order valence-electron chi connectivity index (χ2n) is 5.23. The molecule has 0 aliphatic carbocycles. The zero-order valence-electron chi connectivity index (χ0n) is 11.7. The lowest BCUT2D eigenvalue weighted by atomic mass is 9.98. The molecule has 0 radical (unpaired) electrons. The molecule has 5 nitrogen and oxygen atoms in total. The molecular weight excluding hydrogens is 308 g/mol. The van der Waals surface area contributed by atoms with Gasteiger partial charge in [-0.2, -0.15) is 11.8 Å². The fraction of sp³-hybridized carbons (Fsp3) is 0.500. The van der Waals surface area contributed by atoms with E-state index >= 15 is 0 Å². The Hall–Kier alpha value is -1.05. The Labute approximate surface area is 129 Å². The summed E-state index contributed by atoms with van der Waals surface area (Å²) in [6.07, 6.45) is 2.80. The van der Waals surface area contributed by atoms with E-state index in [9.17, 15) is 13.2 Å². The molecule has 0 saturated carbocycles. The number of sulfonamides is 1. The number of primary sulfonamides is 1. The van der Waals surface area contributed by atoms with Gasteiger partial charge in [-0.05, 0) is 48.0 Å². The minimum Gasteiger partial charge on any atom is -0.352 e. The van der Waals surface area contributed by atoms with Crippen LogP contribution in [-0.4, -0.2) is 25.8 Å². The third kappa shape index (κ3) is 5.33. The number of carbonyl (C=O) groups excluding carboxylic acids is 1. The maximum atomic E-state index is 11.9. The minimum absolute atomic E-state index is 0.0578. The number of hydrogen-bond acceptors (Lipinski definition) is 4. The van der Waals surface area contributed by atoms with Crippen molar-refractivity contribution in [3.05, 3.63) is 29.8 Å². The van der Waals surface area contributed by atoms with Gasteiger partial charge >= 0.3 is 0 Å². The molecule has 1 aliphatic rings. The Morgan fingerprint density at radius 2 is 1.86 bits per heavy atom. The van der Waals surface area contributed by atoms with Crippen molar-refractivity contribution in [2.45, 2.75) is 30.7 Å². The number of benzene rings is 1. The van der Waals surface area contributed by atoms with Gasteiger partial charge in [0.1, 0.15) is 0 Å². The molecule has 1 heterocycles. The van der Waals surface area contributed by atoms with Crippen molar-refractivity contribution in [3.8, 4) is 0 Å². The highest BCUT2D eigenvalue weighted by atomic mass is 32.2. The summed E-state index contributed by atoms with van der Waals surface area (Å²) in [5.74, 6) is 2.85. The SMILES string of the molecule is NS(=O)(=O)c1ccc(CNC(=O)CC2CCSCC2)cc1. The maximum absolute atomic E-state index is 11.9.